The van der Waals surface area contributed by atoms with E-state index in [2.05, 4.69) is 11.6 Å². The van der Waals surface area contributed by atoms with Gasteiger partial charge in [-0.25, -0.2) is 4.39 Å². The van der Waals surface area contributed by atoms with Gasteiger partial charge >= 0.3 is 0 Å². The van der Waals surface area contributed by atoms with Crippen LogP contribution >= 0.6 is 0 Å². The highest BCUT2D eigenvalue weighted by Crippen LogP contribution is 2.09. The van der Waals surface area contributed by atoms with Crippen molar-refractivity contribution in [1.29, 1.82) is 0 Å². The third kappa shape index (κ3) is 1.83. The maximum Gasteiger partial charge on any atom is 0.232 e. The lowest BCUT2D eigenvalue weighted by atomic mass is 10.1. The number of carbonyl (C=O) groups is 1. The van der Waals surface area contributed by atoms with Gasteiger partial charge in [0.25, 0.3) is 0 Å². The Morgan fingerprint density at radius 3 is 2.75 bits per heavy atom. The first-order valence-corrected chi connectivity index (χ1v) is 4.10. The summed E-state index contributed by atoms with van der Waals surface area (Å²) in [6.45, 7) is 1.65. The molecular formula is C9H9ClFO+. The molecule has 0 saturated carbocycles. The van der Waals surface area contributed by atoms with Crippen molar-refractivity contribution in [3.63, 3.8) is 0 Å². The van der Waals surface area contributed by atoms with Crippen LogP contribution in [0.15, 0.2) is 18.2 Å². The second-order valence-electron chi connectivity index (χ2n) is 2.53. The van der Waals surface area contributed by atoms with Crippen molar-refractivity contribution < 1.29 is 20.8 Å². The molecule has 0 aliphatic rings. The Kier molecular flexibility index (Phi) is 2.82. The van der Waals surface area contributed by atoms with Crippen LogP contribution in [0.4, 0.5) is 4.39 Å². The number of rotatable bonds is 2. The smallest absolute Gasteiger partial charge is 0.232 e. The molecule has 0 bridgehead atoms. The fraction of sp³-hybridized carbons (Fsp3) is 0.222. The second-order valence-corrected chi connectivity index (χ2v) is 2.82. The fourth-order valence-corrected chi connectivity index (χ4v) is 1.02. The van der Waals surface area contributed by atoms with Gasteiger partial charge in [-0.1, -0.05) is 12.1 Å². The summed E-state index contributed by atoms with van der Waals surface area (Å²) in [4.78, 5) is 11.0. The highest BCUT2D eigenvalue weighted by atomic mass is 35.5. The summed E-state index contributed by atoms with van der Waals surface area (Å²) in [6.07, 6.45) is 0. The number of hydrogen-bond donors (Lipinski definition) is 0. The quantitative estimate of drug-likeness (QED) is 0.508. The number of benzene rings is 1. The molecule has 0 aliphatic carbocycles. The lowest BCUT2D eigenvalue weighted by molar-refractivity contribution is -0.349. The predicted octanol–water partition coefficient (Wildman–Crippen LogP) is 1.60. The second kappa shape index (κ2) is 3.68. The van der Waals surface area contributed by atoms with E-state index < -0.39 is 0 Å². The molecule has 0 unspecified atom stereocenters. The van der Waals surface area contributed by atoms with Crippen molar-refractivity contribution in [3.05, 3.63) is 35.1 Å². The van der Waals surface area contributed by atoms with E-state index in [4.69, 9.17) is 0 Å². The van der Waals surface area contributed by atoms with Gasteiger partial charge in [0.15, 0.2) is 0 Å². The highest BCUT2D eigenvalue weighted by Gasteiger charge is 2.09. The molecule has 0 spiro atoms. The molecule has 3 heteroatoms. The third-order valence-corrected chi connectivity index (χ3v) is 1.89. The van der Waals surface area contributed by atoms with Gasteiger partial charge in [0, 0.05) is 5.56 Å². The number of Topliss-reactive ketones (excluding diaryl/α,β-unsaturated/α-hetero) is 1. The summed E-state index contributed by atoms with van der Waals surface area (Å²) >= 11 is 4.56. The molecule has 0 N–H and O–H groups in total. The average Bonchev–Trinajstić information content (AvgIpc) is 2.08. The van der Waals surface area contributed by atoms with Gasteiger partial charge in [0.1, 0.15) is 17.4 Å². The first kappa shape index (κ1) is 9.20. The molecule has 1 nitrogen and oxygen atoms in total. The first-order chi connectivity index (χ1) is 5.65. The molecule has 0 radical (unpaired) electrons. The number of aryl methyl sites for hydroxylation is 1. The SMILES string of the molecule is Cc1ccc(C(=O)C[ClH+])cc1F. The normalized spacial score (nSPS) is 9.92. The maximum atomic E-state index is 12.9. The molecule has 0 amide bonds. The van der Waals surface area contributed by atoms with Crippen LogP contribution in [0.25, 0.3) is 0 Å². The van der Waals surface area contributed by atoms with Crippen molar-refractivity contribution in [3.8, 4) is 0 Å². The van der Waals surface area contributed by atoms with Gasteiger partial charge < -0.3 is 0 Å². The van der Waals surface area contributed by atoms with Gasteiger partial charge in [0.05, 0.1) is 0 Å². The first-order valence-electron chi connectivity index (χ1n) is 3.52. The Balaban J connectivity index is 3.05. The predicted molar refractivity (Wildman–Crippen MR) is 41.7 cm³/mol. The minimum absolute atomic E-state index is 0.00248. The van der Waals surface area contributed by atoms with Crippen LogP contribution in [0.5, 0.6) is 0 Å². The zero-order valence-electron chi connectivity index (χ0n) is 6.63. The van der Waals surface area contributed by atoms with Crippen LogP contribution in [-0.4, -0.2) is 11.7 Å². The summed E-state index contributed by atoms with van der Waals surface area (Å²) in [5, 5.41) is 0. The van der Waals surface area contributed by atoms with Crippen LogP contribution in [0.1, 0.15) is 15.9 Å². The lowest BCUT2D eigenvalue weighted by Gasteiger charge is -1.97. The topological polar surface area (TPSA) is 17.1 Å². The number of alkyl halides is 1. The summed E-state index contributed by atoms with van der Waals surface area (Å²) in [7, 11) is 0. The zero-order valence-corrected chi connectivity index (χ0v) is 7.45. The molecule has 0 heterocycles. The Morgan fingerprint density at radius 1 is 1.58 bits per heavy atom. The van der Waals surface area contributed by atoms with E-state index in [-0.39, 0.29) is 17.5 Å². The van der Waals surface area contributed by atoms with Crippen LogP contribution in [0.2, 0.25) is 0 Å². The van der Waals surface area contributed by atoms with Gasteiger partial charge in [-0.15, -0.1) is 0 Å². The average molecular weight is 188 g/mol. The number of ketones is 1. The molecular weight excluding hydrogens is 179 g/mol. The minimum Gasteiger partial charge on any atom is -0.288 e. The molecule has 0 aliphatic heterocycles. The molecule has 64 valence electrons. The van der Waals surface area contributed by atoms with Crippen molar-refractivity contribution in [1.82, 2.24) is 0 Å². The van der Waals surface area contributed by atoms with E-state index in [1.165, 1.54) is 6.07 Å². The number of carbonyl (C=O) groups excluding carboxylic acids is 1. The van der Waals surface area contributed by atoms with Gasteiger partial charge in [0.2, 0.25) is 11.7 Å². The number of halogens is 2. The molecule has 12 heavy (non-hydrogen) atoms. The summed E-state index contributed by atoms with van der Waals surface area (Å²) < 4.78 is 12.9. The van der Waals surface area contributed by atoms with E-state index in [0.717, 1.165) is 0 Å². The van der Waals surface area contributed by atoms with Gasteiger partial charge in [-0.3, -0.25) is 4.79 Å². The minimum atomic E-state index is -0.357. The van der Waals surface area contributed by atoms with Gasteiger partial charge in [-0.2, -0.15) is 0 Å². The van der Waals surface area contributed by atoms with Crippen molar-refractivity contribution in [2.24, 2.45) is 0 Å². The Labute approximate surface area is 75.2 Å². The maximum absolute atomic E-state index is 12.9. The van der Waals surface area contributed by atoms with E-state index in [9.17, 15) is 9.18 Å². The third-order valence-electron chi connectivity index (χ3n) is 1.62. The summed E-state index contributed by atoms with van der Waals surface area (Å²) in [6, 6.07) is 4.39. The molecule has 0 aromatic heterocycles. The van der Waals surface area contributed by atoms with Crippen LogP contribution in [-0.2, 0) is 0 Å². The lowest BCUT2D eigenvalue weighted by Crippen LogP contribution is -2.03. The summed E-state index contributed by atoms with van der Waals surface area (Å²) in [5.74, 6) is -0.559. The molecule has 1 aromatic rings. The van der Waals surface area contributed by atoms with Crippen LogP contribution in [0, 0.1) is 24.3 Å². The van der Waals surface area contributed by atoms with Crippen LogP contribution < -0.4 is 0 Å². The van der Waals surface area contributed by atoms with E-state index in [0.29, 0.717) is 11.1 Å². The molecule has 1 aromatic carbocycles. The zero-order chi connectivity index (χ0) is 9.14. The van der Waals surface area contributed by atoms with Gasteiger partial charge in [-0.05, 0) is 18.6 Å². The Morgan fingerprint density at radius 2 is 2.25 bits per heavy atom. The van der Waals surface area contributed by atoms with Crippen molar-refractivity contribution in [2.45, 2.75) is 6.92 Å². The fourth-order valence-electron chi connectivity index (χ4n) is 0.850. The van der Waals surface area contributed by atoms with E-state index >= 15 is 0 Å². The largest absolute Gasteiger partial charge is 0.288 e. The standard InChI is InChI=1S/C9H9ClFO/c1-6-2-3-7(4-8(6)11)9(12)5-10/h2-4,10H,5H2,1H3/q+1. The Bertz CT molecular complexity index is 309. The van der Waals surface area contributed by atoms with Crippen molar-refractivity contribution in [2.75, 3.05) is 5.88 Å². The molecule has 0 fully saturated rings. The monoisotopic (exact) mass is 187 g/mol. The van der Waals surface area contributed by atoms with E-state index in [1.54, 1.807) is 19.1 Å². The summed E-state index contributed by atoms with van der Waals surface area (Å²) in [5.41, 5.74) is 0.893. The van der Waals surface area contributed by atoms with Crippen molar-refractivity contribution >= 4 is 5.78 Å². The van der Waals surface area contributed by atoms with Crippen LogP contribution in [0.3, 0.4) is 0 Å². The van der Waals surface area contributed by atoms with E-state index in [1.807, 2.05) is 0 Å². The highest BCUT2D eigenvalue weighted by molar-refractivity contribution is 5.96. The molecule has 0 atom stereocenters. The Hall–Kier alpha value is -0.890. The molecule has 0 saturated heterocycles. The number of hydrogen-bond acceptors (Lipinski definition) is 1. The molecule has 1 rings (SSSR count).